The summed E-state index contributed by atoms with van der Waals surface area (Å²) in [6.45, 7) is 0. The van der Waals surface area contributed by atoms with E-state index >= 15 is 0 Å². The maximum atomic E-state index is 12.2. The lowest BCUT2D eigenvalue weighted by atomic mass is 9.80. The van der Waals surface area contributed by atoms with Gasteiger partial charge in [-0.2, -0.15) is 13.2 Å². The Hall–Kier alpha value is -0.540. The van der Waals surface area contributed by atoms with Gasteiger partial charge < -0.3 is 4.79 Å². The minimum Gasteiger partial charge on any atom is -0.303 e. The topological polar surface area (TPSA) is 17.1 Å². The Balaban J connectivity index is 2.65. The van der Waals surface area contributed by atoms with E-state index < -0.39 is 18.0 Å². The number of carbonyl (C=O) groups is 1. The number of alkyl halides is 3. The van der Waals surface area contributed by atoms with Gasteiger partial charge in [-0.3, -0.25) is 0 Å². The number of halogens is 3. The molecule has 0 unspecified atom stereocenters. The van der Waals surface area contributed by atoms with Crippen LogP contribution in [0.4, 0.5) is 13.2 Å². The molecule has 2 atom stereocenters. The van der Waals surface area contributed by atoms with Gasteiger partial charge in [0.05, 0.1) is 5.92 Å². The molecule has 1 saturated carbocycles. The summed E-state index contributed by atoms with van der Waals surface area (Å²) in [7, 11) is 0. The third-order valence-electron chi connectivity index (χ3n) is 2.41. The molecule has 70 valence electrons. The van der Waals surface area contributed by atoms with Crippen LogP contribution in [0.3, 0.4) is 0 Å². The summed E-state index contributed by atoms with van der Waals surface area (Å²) in [5, 5.41) is 0. The SMILES string of the molecule is O=C[C@@H]1CCCC[C@@H]1C(F)(F)F. The lowest BCUT2D eigenvalue weighted by Crippen LogP contribution is -2.33. The average Bonchev–Trinajstić information content (AvgIpc) is 2.03. The summed E-state index contributed by atoms with van der Waals surface area (Å²) < 4.78 is 36.7. The molecule has 0 radical (unpaired) electrons. The molecule has 1 rings (SSSR count). The first kappa shape index (κ1) is 9.55. The zero-order valence-corrected chi connectivity index (χ0v) is 6.60. The Kier molecular flexibility index (Phi) is 2.75. The highest BCUT2D eigenvalue weighted by Gasteiger charge is 2.45. The predicted octanol–water partition coefficient (Wildman–Crippen LogP) is 2.55. The molecule has 0 saturated heterocycles. The van der Waals surface area contributed by atoms with Gasteiger partial charge in [-0.1, -0.05) is 12.8 Å². The largest absolute Gasteiger partial charge is 0.392 e. The van der Waals surface area contributed by atoms with E-state index in [1.165, 1.54) is 0 Å². The van der Waals surface area contributed by atoms with E-state index in [1.807, 2.05) is 0 Å². The van der Waals surface area contributed by atoms with Crippen LogP contribution in [0.1, 0.15) is 25.7 Å². The van der Waals surface area contributed by atoms with Crippen LogP contribution in [0.25, 0.3) is 0 Å². The standard InChI is InChI=1S/C8H11F3O/c9-8(10,11)7-4-2-1-3-6(7)5-12/h5-7H,1-4H2/t6-,7-/m0/s1. The normalized spacial score (nSPS) is 31.6. The van der Waals surface area contributed by atoms with E-state index in [0.29, 0.717) is 19.1 Å². The van der Waals surface area contributed by atoms with Gasteiger partial charge in [0.1, 0.15) is 6.29 Å². The second-order valence-electron chi connectivity index (χ2n) is 3.23. The molecule has 0 aliphatic heterocycles. The van der Waals surface area contributed by atoms with Gasteiger partial charge in [0.15, 0.2) is 0 Å². The van der Waals surface area contributed by atoms with Crippen LogP contribution in [0.2, 0.25) is 0 Å². The van der Waals surface area contributed by atoms with Gasteiger partial charge in [0.2, 0.25) is 0 Å². The highest BCUT2D eigenvalue weighted by molar-refractivity contribution is 5.54. The molecule has 1 aliphatic rings. The number of hydrogen-bond acceptors (Lipinski definition) is 1. The van der Waals surface area contributed by atoms with Crippen LogP contribution >= 0.6 is 0 Å². The summed E-state index contributed by atoms with van der Waals surface area (Å²) in [4.78, 5) is 10.3. The van der Waals surface area contributed by atoms with Crippen LogP contribution in [0, 0.1) is 11.8 Å². The van der Waals surface area contributed by atoms with Crippen molar-refractivity contribution in [3.05, 3.63) is 0 Å². The van der Waals surface area contributed by atoms with Crippen LogP contribution in [-0.4, -0.2) is 12.5 Å². The van der Waals surface area contributed by atoms with Gasteiger partial charge in [-0.05, 0) is 12.8 Å². The molecular weight excluding hydrogens is 169 g/mol. The molecule has 0 amide bonds. The maximum absolute atomic E-state index is 12.2. The van der Waals surface area contributed by atoms with Crippen molar-refractivity contribution in [3.63, 3.8) is 0 Å². The Labute approximate surface area is 68.9 Å². The summed E-state index contributed by atoms with van der Waals surface area (Å²) in [6, 6.07) is 0. The van der Waals surface area contributed by atoms with Crippen molar-refractivity contribution >= 4 is 6.29 Å². The minimum absolute atomic E-state index is 0.118. The van der Waals surface area contributed by atoms with E-state index in [4.69, 9.17) is 0 Å². The molecule has 0 spiro atoms. The highest BCUT2D eigenvalue weighted by atomic mass is 19.4. The van der Waals surface area contributed by atoms with Crippen molar-refractivity contribution in [2.24, 2.45) is 11.8 Å². The van der Waals surface area contributed by atoms with Crippen molar-refractivity contribution in [3.8, 4) is 0 Å². The molecule has 12 heavy (non-hydrogen) atoms. The molecule has 4 heteroatoms. The number of rotatable bonds is 1. The smallest absolute Gasteiger partial charge is 0.303 e. The fourth-order valence-electron chi connectivity index (χ4n) is 1.73. The molecular formula is C8H11F3O. The van der Waals surface area contributed by atoms with Crippen LogP contribution in [-0.2, 0) is 4.79 Å². The number of carbonyl (C=O) groups excluding carboxylic acids is 1. The minimum atomic E-state index is -4.19. The maximum Gasteiger partial charge on any atom is 0.392 e. The quantitative estimate of drug-likeness (QED) is 0.567. The van der Waals surface area contributed by atoms with Crippen LogP contribution in [0.15, 0.2) is 0 Å². The van der Waals surface area contributed by atoms with Gasteiger partial charge in [-0.15, -0.1) is 0 Å². The van der Waals surface area contributed by atoms with E-state index in [0.717, 1.165) is 6.42 Å². The summed E-state index contributed by atoms with van der Waals surface area (Å²) in [5.74, 6) is -2.18. The van der Waals surface area contributed by atoms with E-state index in [-0.39, 0.29) is 6.42 Å². The third-order valence-corrected chi connectivity index (χ3v) is 2.41. The first-order valence-corrected chi connectivity index (χ1v) is 4.07. The van der Waals surface area contributed by atoms with E-state index in [9.17, 15) is 18.0 Å². The fraction of sp³-hybridized carbons (Fsp3) is 0.875. The molecule has 0 N–H and O–H groups in total. The lowest BCUT2D eigenvalue weighted by molar-refractivity contribution is -0.194. The second-order valence-corrected chi connectivity index (χ2v) is 3.23. The Bertz CT molecular complexity index is 164. The second kappa shape index (κ2) is 3.46. The molecule has 1 fully saturated rings. The molecule has 1 nitrogen and oxygen atoms in total. The van der Waals surface area contributed by atoms with Crippen LogP contribution < -0.4 is 0 Å². The molecule has 0 aromatic rings. The van der Waals surface area contributed by atoms with Gasteiger partial charge in [0.25, 0.3) is 0 Å². The van der Waals surface area contributed by atoms with E-state index in [2.05, 4.69) is 0 Å². The Morgan fingerprint density at radius 1 is 1.17 bits per heavy atom. The van der Waals surface area contributed by atoms with Crippen molar-refractivity contribution < 1.29 is 18.0 Å². The Morgan fingerprint density at radius 3 is 2.17 bits per heavy atom. The van der Waals surface area contributed by atoms with E-state index in [1.54, 1.807) is 0 Å². The van der Waals surface area contributed by atoms with Crippen molar-refractivity contribution in [2.45, 2.75) is 31.9 Å². The molecule has 1 aliphatic carbocycles. The lowest BCUT2D eigenvalue weighted by Gasteiger charge is -2.29. The first-order valence-electron chi connectivity index (χ1n) is 4.07. The summed E-state index contributed by atoms with van der Waals surface area (Å²) >= 11 is 0. The number of hydrogen-bond donors (Lipinski definition) is 0. The fourth-order valence-corrected chi connectivity index (χ4v) is 1.73. The molecule has 0 bridgehead atoms. The molecule has 0 aromatic heterocycles. The summed E-state index contributed by atoms with van der Waals surface area (Å²) in [5.41, 5.74) is 0. The van der Waals surface area contributed by atoms with Gasteiger partial charge in [-0.25, -0.2) is 0 Å². The zero-order chi connectivity index (χ0) is 9.19. The Morgan fingerprint density at radius 2 is 1.75 bits per heavy atom. The predicted molar refractivity (Wildman–Crippen MR) is 37.6 cm³/mol. The first-order chi connectivity index (χ1) is 5.55. The molecule has 0 heterocycles. The average molecular weight is 180 g/mol. The van der Waals surface area contributed by atoms with Crippen molar-refractivity contribution in [1.29, 1.82) is 0 Å². The highest BCUT2D eigenvalue weighted by Crippen LogP contribution is 2.40. The third kappa shape index (κ3) is 1.99. The van der Waals surface area contributed by atoms with Crippen LogP contribution in [0.5, 0.6) is 0 Å². The summed E-state index contributed by atoms with van der Waals surface area (Å²) in [6.07, 6.45) is -1.88. The van der Waals surface area contributed by atoms with Crippen molar-refractivity contribution in [2.75, 3.05) is 0 Å². The molecule has 0 aromatic carbocycles. The van der Waals surface area contributed by atoms with Gasteiger partial charge >= 0.3 is 6.18 Å². The monoisotopic (exact) mass is 180 g/mol. The van der Waals surface area contributed by atoms with Gasteiger partial charge in [0, 0.05) is 5.92 Å². The van der Waals surface area contributed by atoms with Crippen molar-refractivity contribution in [1.82, 2.24) is 0 Å². The zero-order valence-electron chi connectivity index (χ0n) is 6.60. The number of aldehydes is 1.